The quantitative estimate of drug-likeness (QED) is 0.735. The van der Waals surface area contributed by atoms with E-state index in [0.29, 0.717) is 22.2 Å². The van der Waals surface area contributed by atoms with Gasteiger partial charge in [-0.1, -0.05) is 30.3 Å². The number of carbonyl (C=O) groups excluding carboxylic acids is 1. The van der Waals surface area contributed by atoms with Crippen molar-refractivity contribution in [3.63, 3.8) is 0 Å². The van der Waals surface area contributed by atoms with Gasteiger partial charge in [-0.3, -0.25) is 19.8 Å². The van der Waals surface area contributed by atoms with Crippen molar-refractivity contribution in [2.75, 3.05) is 18.9 Å². The van der Waals surface area contributed by atoms with Gasteiger partial charge in [0.1, 0.15) is 11.1 Å². The standard InChI is InChI=1S/C19H22N4O3/c1-11-16-13(3)26-19(17(16)18(25)22-21-11)20-15(24)10-23(4)12(2)14-8-6-5-7-9-14/h5-9,12H,10H2,1-4H3,(H,20,24)(H,22,25)/t12-/m1/s1. The average molecular weight is 354 g/mol. The maximum atomic E-state index is 12.5. The van der Waals surface area contributed by atoms with Crippen LogP contribution in [0.2, 0.25) is 0 Å². The maximum absolute atomic E-state index is 12.5. The van der Waals surface area contributed by atoms with Crippen LogP contribution < -0.4 is 10.9 Å². The molecule has 26 heavy (non-hydrogen) atoms. The van der Waals surface area contributed by atoms with Crippen LogP contribution in [0.5, 0.6) is 0 Å². The van der Waals surface area contributed by atoms with E-state index >= 15 is 0 Å². The predicted octanol–water partition coefficient (Wildman–Crippen LogP) is 2.76. The lowest BCUT2D eigenvalue weighted by Gasteiger charge is -2.24. The number of aryl methyl sites for hydroxylation is 2. The lowest BCUT2D eigenvalue weighted by Crippen LogP contribution is -2.32. The van der Waals surface area contributed by atoms with Crippen LogP contribution in [0.4, 0.5) is 5.88 Å². The summed E-state index contributed by atoms with van der Waals surface area (Å²) >= 11 is 0. The molecule has 0 aliphatic carbocycles. The fraction of sp³-hybridized carbons (Fsp3) is 0.316. The Bertz CT molecular complexity index is 991. The van der Waals surface area contributed by atoms with Crippen LogP contribution in [0.15, 0.2) is 39.5 Å². The number of nitrogens with zero attached hydrogens (tertiary/aromatic N) is 2. The van der Waals surface area contributed by atoms with Gasteiger partial charge in [0.25, 0.3) is 5.56 Å². The zero-order valence-electron chi connectivity index (χ0n) is 15.3. The molecule has 136 valence electrons. The van der Waals surface area contributed by atoms with Crippen molar-refractivity contribution in [1.82, 2.24) is 15.1 Å². The molecule has 1 aromatic carbocycles. The number of aromatic amines is 1. The second kappa shape index (κ2) is 7.13. The third-order valence-corrected chi connectivity index (χ3v) is 4.59. The molecule has 0 aliphatic heterocycles. The van der Waals surface area contributed by atoms with E-state index in [1.54, 1.807) is 13.8 Å². The Hall–Kier alpha value is -2.93. The van der Waals surface area contributed by atoms with Crippen LogP contribution in [0.3, 0.4) is 0 Å². The summed E-state index contributed by atoms with van der Waals surface area (Å²) in [6, 6.07) is 10.0. The molecule has 2 N–H and O–H groups in total. The SMILES string of the molecule is Cc1n[nH]c(=O)c2c(NC(=O)CN(C)[C@H](C)c3ccccc3)oc(C)c12. The molecule has 0 unspecified atom stereocenters. The second-order valence-corrected chi connectivity index (χ2v) is 6.43. The van der Waals surface area contributed by atoms with Crippen molar-refractivity contribution >= 4 is 22.6 Å². The van der Waals surface area contributed by atoms with E-state index in [-0.39, 0.29) is 29.9 Å². The first-order valence-corrected chi connectivity index (χ1v) is 8.42. The zero-order chi connectivity index (χ0) is 18.8. The second-order valence-electron chi connectivity index (χ2n) is 6.43. The van der Waals surface area contributed by atoms with Crippen LogP contribution >= 0.6 is 0 Å². The molecule has 7 heteroatoms. The molecule has 3 rings (SSSR count). The third-order valence-electron chi connectivity index (χ3n) is 4.59. The molecule has 2 aromatic heterocycles. The number of benzene rings is 1. The van der Waals surface area contributed by atoms with Gasteiger partial charge < -0.3 is 4.42 Å². The van der Waals surface area contributed by atoms with Gasteiger partial charge in [-0.05, 0) is 33.4 Å². The van der Waals surface area contributed by atoms with E-state index in [0.717, 1.165) is 5.56 Å². The number of rotatable bonds is 5. The van der Waals surface area contributed by atoms with E-state index in [4.69, 9.17) is 4.42 Å². The highest BCUT2D eigenvalue weighted by molar-refractivity contribution is 6.01. The molecule has 0 radical (unpaired) electrons. The molecule has 0 spiro atoms. The summed E-state index contributed by atoms with van der Waals surface area (Å²) in [5, 5.41) is 10.0. The van der Waals surface area contributed by atoms with Crippen LogP contribution in [-0.2, 0) is 4.79 Å². The van der Waals surface area contributed by atoms with Gasteiger partial charge in [-0.15, -0.1) is 0 Å². The molecule has 0 saturated heterocycles. The Morgan fingerprint density at radius 2 is 1.96 bits per heavy atom. The number of fused-ring (bicyclic) bond motifs is 1. The molecule has 0 aliphatic rings. The topological polar surface area (TPSA) is 91.2 Å². The number of amides is 1. The van der Waals surface area contributed by atoms with Crippen molar-refractivity contribution in [2.24, 2.45) is 0 Å². The van der Waals surface area contributed by atoms with Gasteiger partial charge in [0, 0.05) is 6.04 Å². The Balaban J connectivity index is 1.78. The molecule has 1 atom stereocenters. The molecule has 7 nitrogen and oxygen atoms in total. The molecular weight excluding hydrogens is 332 g/mol. The summed E-state index contributed by atoms with van der Waals surface area (Å²) in [5.74, 6) is 0.465. The van der Waals surface area contributed by atoms with Gasteiger partial charge in [0.2, 0.25) is 11.8 Å². The van der Waals surface area contributed by atoms with Gasteiger partial charge in [0.05, 0.1) is 17.6 Å². The summed E-state index contributed by atoms with van der Waals surface area (Å²) < 4.78 is 5.61. The smallest absolute Gasteiger partial charge is 0.277 e. The minimum Gasteiger partial charge on any atom is -0.444 e. The zero-order valence-corrected chi connectivity index (χ0v) is 15.3. The van der Waals surface area contributed by atoms with E-state index in [1.807, 2.05) is 49.2 Å². The van der Waals surface area contributed by atoms with Crippen molar-refractivity contribution in [2.45, 2.75) is 26.8 Å². The van der Waals surface area contributed by atoms with Crippen molar-refractivity contribution in [3.05, 3.63) is 57.7 Å². The van der Waals surface area contributed by atoms with Gasteiger partial charge >= 0.3 is 0 Å². The Morgan fingerprint density at radius 3 is 2.65 bits per heavy atom. The highest BCUT2D eigenvalue weighted by atomic mass is 16.4. The number of anilines is 1. The number of nitrogens with one attached hydrogen (secondary N) is 2. The monoisotopic (exact) mass is 354 g/mol. The molecule has 2 heterocycles. The number of furan rings is 1. The first-order valence-electron chi connectivity index (χ1n) is 8.42. The minimum absolute atomic E-state index is 0.0758. The van der Waals surface area contributed by atoms with E-state index < -0.39 is 0 Å². The fourth-order valence-electron chi connectivity index (χ4n) is 3.05. The summed E-state index contributed by atoms with van der Waals surface area (Å²) in [6.45, 7) is 5.73. The lowest BCUT2D eigenvalue weighted by molar-refractivity contribution is -0.117. The number of H-pyrrole nitrogens is 1. The van der Waals surface area contributed by atoms with E-state index in [2.05, 4.69) is 15.5 Å². The number of carbonyl (C=O) groups is 1. The van der Waals surface area contributed by atoms with Gasteiger partial charge in [0.15, 0.2) is 0 Å². The molecule has 0 bridgehead atoms. The maximum Gasteiger partial charge on any atom is 0.277 e. The molecule has 0 saturated carbocycles. The number of hydrogen-bond donors (Lipinski definition) is 2. The summed E-state index contributed by atoms with van der Waals surface area (Å²) in [6.07, 6.45) is 0. The van der Waals surface area contributed by atoms with Crippen molar-refractivity contribution < 1.29 is 9.21 Å². The number of hydrogen-bond acceptors (Lipinski definition) is 5. The lowest BCUT2D eigenvalue weighted by atomic mass is 10.1. The van der Waals surface area contributed by atoms with Gasteiger partial charge in [-0.25, -0.2) is 5.10 Å². The molecular formula is C19H22N4O3. The van der Waals surface area contributed by atoms with Crippen LogP contribution in [-0.4, -0.2) is 34.6 Å². The largest absolute Gasteiger partial charge is 0.444 e. The minimum atomic E-state index is -0.385. The number of likely N-dealkylation sites (N-methyl/N-ethyl adjacent to an activating group) is 1. The fourth-order valence-corrected chi connectivity index (χ4v) is 3.05. The highest BCUT2D eigenvalue weighted by Crippen LogP contribution is 2.28. The summed E-state index contributed by atoms with van der Waals surface area (Å²) in [5.41, 5.74) is 1.39. The normalized spacial score (nSPS) is 12.5. The van der Waals surface area contributed by atoms with Crippen LogP contribution in [0, 0.1) is 13.8 Å². The van der Waals surface area contributed by atoms with E-state index in [9.17, 15) is 9.59 Å². The van der Waals surface area contributed by atoms with Crippen LogP contribution in [0.1, 0.15) is 30.0 Å². The summed E-state index contributed by atoms with van der Waals surface area (Å²) in [7, 11) is 1.88. The average Bonchev–Trinajstić information content (AvgIpc) is 2.95. The van der Waals surface area contributed by atoms with Crippen molar-refractivity contribution in [1.29, 1.82) is 0 Å². The Kier molecular flexibility index (Phi) is 4.90. The molecule has 0 fully saturated rings. The van der Waals surface area contributed by atoms with Gasteiger partial charge in [-0.2, -0.15) is 5.10 Å². The molecule has 1 amide bonds. The van der Waals surface area contributed by atoms with Crippen molar-refractivity contribution in [3.8, 4) is 0 Å². The third kappa shape index (κ3) is 3.39. The van der Waals surface area contributed by atoms with E-state index in [1.165, 1.54) is 0 Å². The first kappa shape index (κ1) is 17.9. The molecule has 3 aromatic rings. The number of aromatic nitrogens is 2. The first-order chi connectivity index (χ1) is 12.4. The Morgan fingerprint density at radius 1 is 1.27 bits per heavy atom. The Labute approximate surface area is 151 Å². The predicted molar refractivity (Wildman–Crippen MR) is 100 cm³/mol. The summed E-state index contributed by atoms with van der Waals surface area (Å²) in [4.78, 5) is 26.5. The highest BCUT2D eigenvalue weighted by Gasteiger charge is 2.20. The van der Waals surface area contributed by atoms with Crippen LogP contribution in [0.25, 0.3) is 10.8 Å².